The Morgan fingerprint density at radius 3 is 1.74 bits per heavy atom. The topological polar surface area (TPSA) is 629 Å². The number of imidazole rings is 1. The Labute approximate surface area is 771 Å². The van der Waals surface area contributed by atoms with Crippen molar-refractivity contribution in [2.75, 3.05) is 79.2 Å². The van der Waals surface area contributed by atoms with Crippen molar-refractivity contribution in [1.82, 2.24) is 97.6 Å². The van der Waals surface area contributed by atoms with Crippen LogP contribution in [0.15, 0.2) is 97.7 Å². The SMILES string of the molecule is CCCC[C@H]1C(=O)N(C)[C@@H](CCOC)C(=O)N[C@@H](CC(C)C)C(=O)N[C@H](C(=O)NCC(N)=O)CSCC(=O)N[C@@H](Cc2ccc(O)cc2)C(=O)N(C)[C@@H](C)C(=O)N[C@H](CCN)C(=O)N2CCC[C@H]2C(=O)N[C@@H](Cc2c[nH]cn2)C(=O)N[C@@H](CCC(=O)O)C(=O)N2C[C@H](O)C[C@H]2C(=O)N[C@@H](Cc2c[nH]c3ccccc23)C(=O)N[C@@H](CO)C(=O)N[C@@H](Cc2c[nH]c3ccccc23)C(=O)N1C. The maximum absolute atomic E-state index is 15.7. The second-order valence-corrected chi connectivity index (χ2v) is 35.0. The maximum Gasteiger partial charge on any atom is 0.303 e. The number of nitrogens with one attached hydrogen (secondary N) is 13. The summed E-state index contributed by atoms with van der Waals surface area (Å²) in [6.45, 7) is 3.84. The van der Waals surface area contributed by atoms with Crippen LogP contribution in [0.1, 0.15) is 121 Å². The fraction of sp³-hybridized carbons (Fsp3) is 0.528. The van der Waals surface area contributed by atoms with Gasteiger partial charge in [0.1, 0.15) is 90.3 Å². The van der Waals surface area contributed by atoms with Gasteiger partial charge in [-0.25, -0.2) is 4.98 Å². The highest BCUT2D eigenvalue weighted by Gasteiger charge is 2.47. The number of methoxy groups -OCH3 is 1. The molecular formula is C89H123N21O22S. The van der Waals surface area contributed by atoms with Gasteiger partial charge in [-0.05, 0) is 98.9 Å². The lowest BCUT2D eigenvalue weighted by Gasteiger charge is -2.36. The average molecular weight is 1870 g/mol. The molecule has 722 valence electrons. The van der Waals surface area contributed by atoms with Crippen molar-refractivity contribution in [3.63, 3.8) is 0 Å². The number of fused-ring (bicyclic) bond motifs is 4. The Balaban J connectivity index is 1.09. The number of ether oxygens (including phenoxy) is 1. The minimum absolute atomic E-state index is 0.0102. The molecule has 3 saturated heterocycles. The molecule has 3 aromatic carbocycles. The van der Waals surface area contributed by atoms with Crippen molar-refractivity contribution in [2.24, 2.45) is 17.4 Å². The largest absolute Gasteiger partial charge is 0.508 e. The second kappa shape index (κ2) is 49.4. The quantitative estimate of drug-likeness (QED) is 0.0271. The molecule has 3 aliphatic heterocycles. The summed E-state index contributed by atoms with van der Waals surface area (Å²) in [5, 5.41) is 70.4. The number of amides is 16. The number of thioether (sulfide) groups is 1. The van der Waals surface area contributed by atoms with Gasteiger partial charge in [0.05, 0.1) is 37.0 Å². The summed E-state index contributed by atoms with van der Waals surface area (Å²) < 4.78 is 5.45. The van der Waals surface area contributed by atoms with E-state index in [0.29, 0.717) is 51.3 Å². The van der Waals surface area contributed by atoms with Gasteiger partial charge in [-0.2, -0.15) is 0 Å². The van der Waals surface area contributed by atoms with Gasteiger partial charge in [0.25, 0.3) is 0 Å². The number of aliphatic hydroxyl groups excluding tert-OH is 2. The fourth-order valence-corrected chi connectivity index (χ4v) is 17.2. The van der Waals surface area contributed by atoms with E-state index in [2.05, 4.69) is 73.1 Å². The van der Waals surface area contributed by atoms with E-state index in [-0.39, 0.29) is 101 Å². The fourth-order valence-electron chi connectivity index (χ4n) is 16.4. The molecule has 0 radical (unpaired) electrons. The summed E-state index contributed by atoms with van der Waals surface area (Å²) in [6, 6.07) is -2.39. The third-order valence-electron chi connectivity index (χ3n) is 23.8. The molecule has 3 aromatic heterocycles. The first-order chi connectivity index (χ1) is 63.4. The number of aromatic amines is 3. The number of phenols is 1. The van der Waals surface area contributed by atoms with E-state index in [1.165, 1.54) is 76.9 Å². The zero-order chi connectivity index (χ0) is 97.0. The van der Waals surface area contributed by atoms with Gasteiger partial charge in [0, 0.05) is 139 Å². The molecule has 44 heteroatoms. The van der Waals surface area contributed by atoms with Crippen LogP contribution in [0.5, 0.6) is 5.75 Å². The summed E-state index contributed by atoms with van der Waals surface area (Å²) in [7, 11) is 5.25. The number of H-pyrrole nitrogens is 3. The molecule has 0 unspecified atom stereocenters. The number of nitrogens with zero attached hydrogens (tertiary/aromatic N) is 6. The van der Waals surface area contributed by atoms with Gasteiger partial charge < -0.3 is 129 Å². The van der Waals surface area contributed by atoms with Crippen LogP contribution in [0.4, 0.5) is 0 Å². The number of carbonyl (C=O) groups excluding carboxylic acids is 16. The van der Waals surface area contributed by atoms with Crippen molar-refractivity contribution < 1.29 is 107 Å². The number of rotatable bonds is 25. The number of carbonyl (C=O) groups is 17. The highest BCUT2D eigenvalue weighted by Crippen LogP contribution is 2.28. The van der Waals surface area contributed by atoms with Crippen molar-refractivity contribution in [1.29, 1.82) is 0 Å². The number of aromatic hydroxyl groups is 1. The predicted molar refractivity (Wildman–Crippen MR) is 484 cm³/mol. The van der Waals surface area contributed by atoms with Crippen LogP contribution in [0.25, 0.3) is 21.8 Å². The average Bonchev–Trinajstić information content (AvgIpc) is 1.72. The number of hydrogen-bond donors (Lipinski definition) is 19. The molecule has 0 aliphatic carbocycles. The van der Waals surface area contributed by atoms with E-state index >= 15 is 38.4 Å². The lowest BCUT2D eigenvalue weighted by atomic mass is 10.00. The predicted octanol–water partition coefficient (Wildman–Crippen LogP) is -3.01. The second-order valence-electron chi connectivity index (χ2n) is 34.0. The summed E-state index contributed by atoms with van der Waals surface area (Å²) in [4.78, 5) is 268. The Kier molecular flexibility index (Phi) is 38.5. The number of unbranched alkanes of at least 4 members (excludes halogenated alkanes) is 1. The molecule has 6 heterocycles. The third-order valence-corrected chi connectivity index (χ3v) is 24.8. The zero-order valence-corrected chi connectivity index (χ0v) is 76.4. The van der Waals surface area contributed by atoms with Crippen LogP contribution in [-0.2, 0) is 112 Å². The molecule has 3 fully saturated rings. The van der Waals surface area contributed by atoms with Crippen molar-refractivity contribution in [3.8, 4) is 5.75 Å². The van der Waals surface area contributed by atoms with E-state index in [4.69, 9.17) is 16.2 Å². The molecule has 9 rings (SSSR count). The number of para-hydroxylation sites is 2. The van der Waals surface area contributed by atoms with E-state index < -0.39 is 242 Å². The van der Waals surface area contributed by atoms with Crippen LogP contribution >= 0.6 is 11.8 Å². The van der Waals surface area contributed by atoms with Gasteiger partial charge in [-0.1, -0.05) is 82.1 Å². The molecule has 15 atom stereocenters. The van der Waals surface area contributed by atoms with Crippen LogP contribution in [0, 0.1) is 5.92 Å². The maximum atomic E-state index is 15.7. The number of likely N-dealkylation sites (N-methyl/N-ethyl adjacent to an activating group) is 3. The standard InChI is InChI=1S/C89H123N21O22S/c1-9-10-20-71-89(131)107(6)69(29-32-132-8)82(124)100-62(33-48(2)3)78(120)105-68(77(119)95-42-73(91)114)45-133-46-74(115)97-65(34-50-22-24-54(112)25-23-50)85(127)106(5)49(4)76(118)98-61(28-30-90)87(129)109-31-15-21-70(109)83(125)102-64(37-53-41-92-47-96-53)80(122)99-60(26-27-75(116)117)88(130)110-43-55(113)38-72(110)84(126)101-63(35-51-39-93-58-18-13-11-16-56(51)58)79(121)104-67(44-111)81(123)103-66(86(128)108(71)7)36-52-40-94-59-19-14-12-17-57(52)59/h11-14,16-19,22-25,39-41,47-49,55,60-72,93-94,111-113H,9-10,15,20-21,26-38,42-46,90H2,1-8H3,(H2,91,114)(H,92,96)(H,95,119)(H,97,115)(H,98,118)(H,99,122)(H,100,124)(H,101,126)(H,102,125)(H,103,123)(H,104,121)(H,105,120)(H,116,117)/t49-,55+,60-,61+,62-,63-,64-,65-,66-,67-,68-,69-,70-,71-,72-/m0/s1. The summed E-state index contributed by atoms with van der Waals surface area (Å²) in [5.74, 6) is -17.9. The van der Waals surface area contributed by atoms with E-state index in [0.717, 1.165) is 31.4 Å². The lowest BCUT2D eigenvalue weighted by molar-refractivity contribution is -0.149. The molecule has 133 heavy (non-hydrogen) atoms. The van der Waals surface area contributed by atoms with E-state index in [1.807, 2.05) is 6.92 Å². The van der Waals surface area contributed by atoms with Gasteiger partial charge in [0.15, 0.2) is 0 Å². The summed E-state index contributed by atoms with van der Waals surface area (Å²) in [6.07, 6.45) is 1.77. The van der Waals surface area contributed by atoms with Crippen LogP contribution in [-0.4, -0.2) is 335 Å². The minimum Gasteiger partial charge on any atom is -0.508 e. The first-order valence-electron chi connectivity index (χ1n) is 44.3. The summed E-state index contributed by atoms with van der Waals surface area (Å²) in [5.41, 5.74) is 14.3. The number of primary amides is 1. The molecule has 6 aromatic rings. The number of hydrogen-bond acceptors (Lipinski definition) is 24. The molecule has 3 aliphatic rings. The number of aromatic nitrogens is 4. The number of carboxylic acid groups (broad SMARTS) is 1. The summed E-state index contributed by atoms with van der Waals surface area (Å²) >= 11 is 0.794. The smallest absolute Gasteiger partial charge is 0.303 e. The van der Waals surface area contributed by atoms with Gasteiger partial charge in [0.2, 0.25) is 94.5 Å². The third kappa shape index (κ3) is 28.5. The van der Waals surface area contributed by atoms with Crippen LogP contribution in [0.2, 0.25) is 0 Å². The van der Waals surface area contributed by atoms with E-state index in [1.54, 1.807) is 74.8 Å². The molecule has 0 bridgehead atoms. The van der Waals surface area contributed by atoms with Crippen LogP contribution in [0.3, 0.4) is 0 Å². The molecule has 16 amide bonds. The van der Waals surface area contributed by atoms with Gasteiger partial charge in [-0.15, -0.1) is 11.8 Å². The Bertz CT molecular complexity index is 5110. The normalized spacial score (nSPS) is 25.0. The molecule has 21 N–H and O–H groups in total. The number of phenolic OH excluding ortho intramolecular Hbond substituents is 1. The first-order valence-corrected chi connectivity index (χ1v) is 45.4. The highest BCUT2D eigenvalue weighted by atomic mass is 32.2. The first kappa shape index (κ1) is 104. The molecule has 0 saturated carbocycles. The number of aliphatic hydroxyl groups is 2. The van der Waals surface area contributed by atoms with Crippen LogP contribution < -0.4 is 64.6 Å². The molecule has 0 spiro atoms. The zero-order valence-electron chi connectivity index (χ0n) is 75.6. The van der Waals surface area contributed by atoms with Gasteiger partial charge >= 0.3 is 5.97 Å². The highest BCUT2D eigenvalue weighted by molar-refractivity contribution is 8.00. The molecular weight excluding hydrogens is 1750 g/mol. The lowest BCUT2D eigenvalue weighted by Crippen LogP contribution is -2.62. The number of carboxylic acids is 1. The molecule has 43 nitrogen and oxygen atoms in total. The van der Waals surface area contributed by atoms with E-state index in [9.17, 15) is 63.6 Å². The number of nitrogens with two attached hydrogens (primary N) is 2. The van der Waals surface area contributed by atoms with Crippen molar-refractivity contribution in [2.45, 2.75) is 215 Å². The minimum atomic E-state index is -1.92. The Morgan fingerprint density at radius 2 is 1.14 bits per heavy atom. The Hall–Kier alpha value is -13.1. The monoisotopic (exact) mass is 1870 g/mol. The number of benzene rings is 3. The Morgan fingerprint density at radius 1 is 0.594 bits per heavy atom. The number of aliphatic carboxylic acids is 1. The van der Waals surface area contributed by atoms with Crippen molar-refractivity contribution >= 4 is 134 Å². The van der Waals surface area contributed by atoms with Gasteiger partial charge in [-0.3, -0.25) is 81.5 Å². The van der Waals surface area contributed by atoms with Crippen molar-refractivity contribution in [3.05, 3.63) is 120 Å².